The molecule has 1 aromatic carbocycles. The van der Waals surface area contributed by atoms with E-state index >= 15 is 0 Å². The fourth-order valence-corrected chi connectivity index (χ4v) is 2.76. The summed E-state index contributed by atoms with van der Waals surface area (Å²) in [7, 11) is 0. The summed E-state index contributed by atoms with van der Waals surface area (Å²) in [4.78, 5) is 24.7. The van der Waals surface area contributed by atoms with Gasteiger partial charge in [-0.15, -0.1) is 0 Å². The number of nitrogens with two attached hydrogens (primary N) is 1. The minimum absolute atomic E-state index is 0.00679. The van der Waals surface area contributed by atoms with E-state index in [0.717, 1.165) is 19.4 Å². The molecule has 0 bridgehead atoms. The number of benzene rings is 1. The third-order valence-electron chi connectivity index (χ3n) is 4.03. The van der Waals surface area contributed by atoms with Gasteiger partial charge in [-0.2, -0.15) is 0 Å². The molecule has 114 valence electrons. The summed E-state index contributed by atoms with van der Waals surface area (Å²) in [5, 5.41) is 8.75. The second kappa shape index (κ2) is 7.22. The van der Waals surface area contributed by atoms with E-state index in [-0.39, 0.29) is 18.7 Å². The highest BCUT2D eigenvalue weighted by atomic mass is 16.4. The zero-order valence-corrected chi connectivity index (χ0v) is 12.1. The SMILES string of the molecule is NC(CCC(=O)N1CCCC(c2ccccc2)C1)C(=O)O. The Kier molecular flexibility index (Phi) is 5.33. The van der Waals surface area contributed by atoms with Crippen LogP contribution in [-0.2, 0) is 9.59 Å². The summed E-state index contributed by atoms with van der Waals surface area (Å²) in [5.41, 5.74) is 6.70. The average molecular weight is 290 g/mol. The van der Waals surface area contributed by atoms with Crippen LogP contribution in [0, 0.1) is 0 Å². The molecule has 1 saturated heterocycles. The van der Waals surface area contributed by atoms with Crippen LogP contribution in [0.5, 0.6) is 0 Å². The quantitative estimate of drug-likeness (QED) is 0.862. The number of piperidine rings is 1. The predicted molar refractivity (Wildman–Crippen MR) is 79.8 cm³/mol. The molecule has 5 nitrogen and oxygen atoms in total. The Morgan fingerprint density at radius 3 is 2.71 bits per heavy atom. The van der Waals surface area contributed by atoms with E-state index in [1.807, 2.05) is 23.1 Å². The molecule has 1 aliphatic rings. The van der Waals surface area contributed by atoms with E-state index < -0.39 is 12.0 Å². The van der Waals surface area contributed by atoms with Crippen LogP contribution in [0.2, 0.25) is 0 Å². The van der Waals surface area contributed by atoms with Gasteiger partial charge in [0.15, 0.2) is 0 Å². The van der Waals surface area contributed by atoms with Gasteiger partial charge in [0.1, 0.15) is 6.04 Å². The Hall–Kier alpha value is -1.88. The first kappa shape index (κ1) is 15.5. The Balaban J connectivity index is 1.89. The largest absolute Gasteiger partial charge is 0.480 e. The molecule has 1 fully saturated rings. The van der Waals surface area contributed by atoms with Crippen LogP contribution in [-0.4, -0.2) is 41.0 Å². The van der Waals surface area contributed by atoms with Crippen LogP contribution in [0.4, 0.5) is 0 Å². The van der Waals surface area contributed by atoms with Crippen molar-refractivity contribution in [1.82, 2.24) is 4.90 Å². The van der Waals surface area contributed by atoms with Crippen LogP contribution >= 0.6 is 0 Å². The van der Waals surface area contributed by atoms with E-state index in [4.69, 9.17) is 10.8 Å². The highest BCUT2D eigenvalue weighted by molar-refractivity contribution is 5.78. The van der Waals surface area contributed by atoms with Crippen molar-refractivity contribution in [2.24, 2.45) is 5.73 Å². The van der Waals surface area contributed by atoms with Gasteiger partial charge in [0, 0.05) is 25.4 Å². The van der Waals surface area contributed by atoms with Gasteiger partial charge < -0.3 is 15.7 Å². The first-order valence-corrected chi connectivity index (χ1v) is 7.39. The van der Waals surface area contributed by atoms with Gasteiger partial charge in [0.2, 0.25) is 5.91 Å². The molecule has 3 N–H and O–H groups in total. The summed E-state index contributed by atoms with van der Waals surface area (Å²) in [6.45, 7) is 1.47. The molecule has 1 aromatic rings. The van der Waals surface area contributed by atoms with Crippen molar-refractivity contribution in [2.45, 2.75) is 37.6 Å². The lowest BCUT2D eigenvalue weighted by molar-refractivity contribution is -0.139. The number of nitrogens with zero attached hydrogens (tertiary/aromatic N) is 1. The van der Waals surface area contributed by atoms with E-state index in [1.165, 1.54) is 5.56 Å². The van der Waals surface area contributed by atoms with Gasteiger partial charge in [0.05, 0.1) is 0 Å². The molecule has 0 spiro atoms. The van der Waals surface area contributed by atoms with Crippen molar-refractivity contribution < 1.29 is 14.7 Å². The van der Waals surface area contributed by atoms with Crippen LogP contribution < -0.4 is 5.73 Å². The van der Waals surface area contributed by atoms with Gasteiger partial charge in [-0.05, 0) is 24.8 Å². The maximum Gasteiger partial charge on any atom is 0.320 e. The molecule has 5 heteroatoms. The molecule has 21 heavy (non-hydrogen) atoms. The standard InChI is InChI=1S/C16H22N2O3/c17-14(16(20)21)8-9-15(19)18-10-4-7-13(11-18)12-5-2-1-3-6-12/h1-3,5-6,13-14H,4,7-11,17H2,(H,20,21). The normalized spacial score (nSPS) is 20.0. The molecule has 2 rings (SSSR count). The van der Waals surface area contributed by atoms with Crippen molar-refractivity contribution >= 4 is 11.9 Å². The highest BCUT2D eigenvalue weighted by Gasteiger charge is 2.25. The molecule has 0 aliphatic carbocycles. The maximum absolute atomic E-state index is 12.2. The lowest BCUT2D eigenvalue weighted by Crippen LogP contribution is -2.40. The van der Waals surface area contributed by atoms with E-state index in [9.17, 15) is 9.59 Å². The highest BCUT2D eigenvalue weighted by Crippen LogP contribution is 2.27. The van der Waals surface area contributed by atoms with Crippen LogP contribution in [0.15, 0.2) is 30.3 Å². The summed E-state index contributed by atoms with van der Waals surface area (Å²) in [6.07, 6.45) is 2.47. The van der Waals surface area contributed by atoms with Crippen molar-refractivity contribution in [2.75, 3.05) is 13.1 Å². The number of amides is 1. The van der Waals surface area contributed by atoms with Crippen molar-refractivity contribution in [1.29, 1.82) is 0 Å². The number of carbonyl (C=O) groups excluding carboxylic acids is 1. The third-order valence-corrected chi connectivity index (χ3v) is 4.03. The summed E-state index contributed by atoms with van der Waals surface area (Å²) in [5.74, 6) is -0.673. The van der Waals surface area contributed by atoms with Crippen LogP contribution in [0.1, 0.15) is 37.2 Å². The summed E-state index contributed by atoms with van der Waals surface area (Å²) in [6, 6.07) is 9.26. The average Bonchev–Trinajstić information content (AvgIpc) is 2.53. The Bertz CT molecular complexity index is 490. The minimum Gasteiger partial charge on any atom is -0.480 e. The van der Waals surface area contributed by atoms with Gasteiger partial charge in [-0.25, -0.2) is 0 Å². The number of hydrogen-bond donors (Lipinski definition) is 2. The number of likely N-dealkylation sites (tertiary alicyclic amines) is 1. The monoisotopic (exact) mass is 290 g/mol. The third kappa shape index (κ3) is 4.29. The number of carboxylic acids is 1. The van der Waals surface area contributed by atoms with Crippen molar-refractivity contribution in [3.8, 4) is 0 Å². The van der Waals surface area contributed by atoms with Gasteiger partial charge in [0.25, 0.3) is 0 Å². The predicted octanol–water partition coefficient (Wildman–Crippen LogP) is 1.58. The van der Waals surface area contributed by atoms with Gasteiger partial charge >= 0.3 is 5.97 Å². The molecule has 0 aromatic heterocycles. The Morgan fingerprint density at radius 1 is 1.33 bits per heavy atom. The van der Waals surface area contributed by atoms with E-state index in [2.05, 4.69) is 12.1 Å². The number of hydrogen-bond acceptors (Lipinski definition) is 3. The first-order valence-electron chi connectivity index (χ1n) is 7.39. The smallest absolute Gasteiger partial charge is 0.320 e. The summed E-state index contributed by atoms with van der Waals surface area (Å²) >= 11 is 0. The van der Waals surface area contributed by atoms with Crippen LogP contribution in [0.25, 0.3) is 0 Å². The van der Waals surface area contributed by atoms with Gasteiger partial charge in [-0.1, -0.05) is 30.3 Å². The fraction of sp³-hybridized carbons (Fsp3) is 0.500. The molecule has 0 radical (unpaired) electrons. The van der Waals surface area contributed by atoms with E-state index in [0.29, 0.717) is 12.5 Å². The maximum atomic E-state index is 12.2. The topological polar surface area (TPSA) is 83.6 Å². The zero-order chi connectivity index (χ0) is 15.2. The number of carbonyl (C=O) groups is 2. The number of rotatable bonds is 5. The summed E-state index contributed by atoms with van der Waals surface area (Å²) < 4.78 is 0. The number of carboxylic acid groups (broad SMARTS) is 1. The van der Waals surface area contributed by atoms with Crippen molar-refractivity contribution in [3.63, 3.8) is 0 Å². The van der Waals surface area contributed by atoms with Crippen molar-refractivity contribution in [3.05, 3.63) is 35.9 Å². The molecule has 1 aliphatic heterocycles. The molecular formula is C16H22N2O3. The minimum atomic E-state index is -1.05. The molecular weight excluding hydrogens is 268 g/mol. The lowest BCUT2D eigenvalue weighted by Gasteiger charge is -2.33. The Morgan fingerprint density at radius 2 is 2.05 bits per heavy atom. The molecule has 2 atom stereocenters. The van der Waals surface area contributed by atoms with Crippen LogP contribution in [0.3, 0.4) is 0 Å². The second-order valence-corrected chi connectivity index (χ2v) is 5.57. The van der Waals surface area contributed by atoms with Gasteiger partial charge in [-0.3, -0.25) is 9.59 Å². The number of aliphatic carboxylic acids is 1. The molecule has 2 unspecified atom stereocenters. The lowest BCUT2D eigenvalue weighted by atomic mass is 9.90. The molecule has 1 amide bonds. The fourth-order valence-electron chi connectivity index (χ4n) is 2.76. The molecule has 0 saturated carbocycles. The zero-order valence-electron chi connectivity index (χ0n) is 12.1. The second-order valence-electron chi connectivity index (χ2n) is 5.57. The first-order chi connectivity index (χ1) is 10.1. The molecule has 1 heterocycles. The van der Waals surface area contributed by atoms with E-state index in [1.54, 1.807) is 0 Å². The Labute approximate surface area is 124 Å².